The number of hydrogen-bond acceptors (Lipinski definition) is 1. The molecule has 0 aromatic carbocycles. The number of carbonyl (C=O) groups is 1. The van der Waals surface area contributed by atoms with Gasteiger partial charge in [-0.3, -0.25) is 4.79 Å². The summed E-state index contributed by atoms with van der Waals surface area (Å²) < 4.78 is 0. The van der Waals surface area contributed by atoms with Gasteiger partial charge in [0.2, 0.25) is 0 Å². The highest BCUT2D eigenvalue weighted by Gasteiger charge is 2.02. The summed E-state index contributed by atoms with van der Waals surface area (Å²) in [5.41, 5.74) is 1.16. The van der Waals surface area contributed by atoms with Crippen LogP contribution in [0.25, 0.3) is 0 Å². The van der Waals surface area contributed by atoms with Crippen LogP contribution in [0.5, 0.6) is 0 Å². The van der Waals surface area contributed by atoms with Crippen molar-refractivity contribution in [3.05, 3.63) is 34.9 Å². The van der Waals surface area contributed by atoms with Crippen molar-refractivity contribution in [1.82, 2.24) is 0 Å². The van der Waals surface area contributed by atoms with Gasteiger partial charge in [0.15, 0.2) is 0 Å². The molecule has 0 spiro atoms. The first-order valence-corrected chi connectivity index (χ1v) is 4.13. The van der Waals surface area contributed by atoms with Crippen LogP contribution >= 0.6 is 23.2 Å². The van der Waals surface area contributed by atoms with Crippen molar-refractivity contribution < 1.29 is 4.79 Å². The number of carbonyl (C=O) groups excluding carboxylic acids is 1. The summed E-state index contributed by atoms with van der Waals surface area (Å²) in [5, 5.41) is -0.0815. The van der Waals surface area contributed by atoms with E-state index in [4.69, 9.17) is 23.2 Å². The third kappa shape index (κ3) is 3.74. The molecule has 66 valence electrons. The van der Waals surface area contributed by atoms with Gasteiger partial charge in [0.05, 0.1) is 0 Å². The van der Waals surface area contributed by atoms with Gasteiger partial charge in [-0.05, 0) is 37.1 Å². The SMILES string of the molecule is C=C(Cl)C(C)=CC(=CC)C(=O)Cl. The number of allylic oxidation sites excluding steroid dienone is 5. The topological polar surface area (TPSA) is 17.1 Å². The summed E-state index contributed by atoms with van der Waals surface area (Å²) in [6.45, 7) is 7.01. The first-order chi connectivity index (χ1) is 5.49. The average Bonchev–Trinajstić information content (AvgIpc) is 1.98. The van der Waals surface area contributed by atoms with E-state index in [2.05, 4.69) is 6.58 Å². The standard InChI is InChI=1S/C9H10Cl2O/c1-4-8(9(11)12)5-6(2)7(3)10/h4-5H,3H2,1-2H3. The average molecular weight is 205 g/mol. The smallest absolute Gasteiger partial charge is 0.252 e. The van der Waals surface area contributed by atoms with Crippen LogP contribution in [0.2, 0.25) is 0 Å². The quantitative estimate of drug-likeness (QED) is 0.392. The van der Waals surface area contributed by atoms with E-state index >= 15 is 0 Å². The molecule has 0 atom stereocenters. The molecule has 0 rings (SSSR count). The molecule has 12 heavy (non-hydrogen) atoms. The Labute approximate surface area is 82.4 Å². The number of rotatable bonds is 3. The highest BCUT2D eigenvalue weighted by atomic mass is 35.5. The summed E-state index contributed by atoms with van der Waals surface area (Å²) in [6.07, 6.45) is 3.23. The lowest BCUT2D eigenvalue weighted by Gasteiger charge is -1.97. The van der Waals surface area contributed by atoms with Crippen molar-refractivity contribution in [2.24, 2.45) is 0 Å². The lowest BCUT2D eigenvalue weighted by molar-refractivity contribution is -0.108. The Balaban J connectivity index is 4.72. The number of halogens is 2. The normalized spacial score (nSPS) is 13.0. The Morgan fingerprint density at radius 3 is 2.17 bits per heavy atom. The Kier molecular flexibility index (Phi) is 4.95. The Hall–Kier alpha value is -0.530. The minimum atomic E-state index is -0.491. The van der Waals surface area contributed by atoms with E-state index in [0.717, 1.165) is 5.57 Å². The zero-order valence-electron chi connectivity index (χ0n) is 7.03. The minimum Gasteiger partial charge on any atom is -0.276 e. The van der Waals surface area contributed by atoms with Crippen molar-refractivity contribution in [3.63, 3.8) is 0 Å². The monoisotopic (exact) mass is 204 g/mol. The lowest BCUT2D eigenvalue weighted by Crippen LogP contribution is -1.90. The fourth-order valence-electron chi connectivity index (χ4n) is 0.565. The Bertz CT molecular complexity index is 262. The zero-order valence-corrected chi connectivity index (χ0v) is 8.54. The fraction of sp³-hybridized carbons (Fsp3) is 0.222. The Morgan fingerprint density at radius 2 is 1.92 bits per heavy atom. The minimum absolute atomic E-state index is 0.410. The van der Waals surface area contributed by atoms with Gasteiger partial charge in [-0.2, -0.15) is 0 Å². The fourth-order valence-corrected chi connectivity index (χ4v) is 0.783. The second-order valence-electron chi connectivity index (χ2n) is 2.25. The van der Waals surface area contributed by atoms with Gasteiger partial charge in [-0.15, -0.1) is 0 Å². The maximum absolute atomic E-state index is 10.7. The summed E-state index contributed by atoms with van der Waals surface area (Å²) in [5.74, 6) is 0. The molecule has 1 nitrogen and oxygen atoms in total. The first kappa shape index (κ1) is 11.5. The first-order valence-electron chi connectivity index (χ1n) is 3.38. The predicted octanol–water partition coefficient (Wildman–Crippen LogP) is 3.40. The van der Waals surface area contributed by atoms with Crippen molar-refractivity contribution >= 4 is 28.4 Å². The van der Waals surface area contributed by atoms with Gasteiger partial charge < -0.3 is 0 Å². The predicted molar refractivity (Wildman–Crippen MR) is 53.4 cm³/mol. The molecule has 0 unspecified atom stereocenters. The molecular formula is C9H10Cl2O. The van der Waals surface area contributed by atoms with Gasteiger partial charge in [-0.1, -0.05) is 24.3 Å². The molecule has 0 radical (unpaired) electrons. The molecule has 0 aromatic heterocycles. The van der Waals surface area contributed by atoms with Gasteiger partial charge >= 0.3 is 0 Å². The molecule has 0 amide bonds. The summed E-state index contributed by atoms with van der Waals surface area (Å²) in [7, 11) is 0. The zero-order chi connectivity index (χ0) is 9.72. The molecule has 0 fully saturated rings. The van der Waals surface area contributed by atoms with E-state index in [0.29, 0.717) is 10.6 Å². The highest BCUT2D eigenvalue weighted by molar-refractivity contribution is 6.68. The molecule has 0 aliphatic rings. The van der Waals surface area contributed by atoms with Crippen molar-refractivity contribution in [1.29, 1.82) is 0 Å². The Morgan fingerprint density at radius 1 is 1.42 bits per heavy atom. The molecule has 0 saturated heterocycles. The maximum Gasteiger partial charge on any atom is 0.252 e. The molecular weight excluding hydrogens is 195 g/mol. The van der Waals surface area contributed by atoms with E-state index < -0.39 is 5.24 Å². The molecule has 0 aromatic rings. The molecule has 0 heterocycles. The van der Waals surface area contributed by atoms with E-state index in [9.17, 15) is 4.79 Å². The van der Waals surface area contributed by atoms with E-state index in [1.807, 2.05) is 0 Å². The van der Waals surface area contributed by atoms with Crippen LogP contribution in [0.3, 0.4) is 0 Å². The molecule has 0 N–H and O–H groups in total. The van der Waals surface area contributed by atoms with Crippen molar-refractivity contribution in [2.45, 2.75) is 13.8 Å². The van der Waals surface area contributed by atoms with Gasteiger partial charge in [-0.25, -0.2) is 0 Å². The molecule has 0 aliphatic heterocycles. The van der Waals surface area contributed by atoms with Crippen LogP contribution < -0.4 is 0 Å². The van der Waals surface area contributed by atoms with Crippen LogP contribution in [-0.4, -0.2) is 5.24 Å². The molecule has 0 bridgehead atoms. The molecule has 0 aliphatic carbocycles. The maximum atomic E-state index is 10.7. The van der Waals surface area contributed by atoms with Gasteiger partial charge in [0.1, 0.15) is 0 Å². The van der Waals surface area contributed by atoms with Gasteiger partial charge in [0.25, 0.3) is 5.24 Å². The number of hydrogen-bond donors (Lipinski definition) is 0. The highest BCUT2D eigenvalue weighted by Crippen LogP contribution is 2.14. The van der Waals surface area contributed by atoms with E-state index in [1.54, 1.807) is 26.0 Å². The second kappa shape index (κ2) is 5.18. The van der Waals surface area contributed by atoms with Crippen molar-refractivity contribution in [2.75, 3.05) is 0 Å². The largest absolute Gasteiger partial charge is 0.276 e. The van der Waals surface area contributed by atoms with Gasteiger partial charge in [0, 0.05) is 10.6 Å². The van der Waals surface area contributed by atoms with E-state index in [-0.39, 0.29) is 0 Å². The summed E-state index contributed by atoms with van der Waals surface area (Å²) in [6, 6.07) is 0. The van der Waals surface area contributed by atoms with Crippen LogP contribution in [0.4, 0.5) is 0 Å². The second-order valence-corrected chi connectivity index (χ2v) is 3.05. The molecule has 0 saturated carbocycles. The lowest BCUT2D eigenvalue weighted by atomic mass is 10.2. The van der Waals surface area contributed by atoms with Crippen LogP contribution in [-0.2, 0) is 4.79 Å². The summed E-state index contributed by atoms with van der Waals surface area (Å²) >= 11 is 10.9. The van der Waals surface area contributed by atoms with Crippen LogP contribution in [0.15, 0.2) is 34.9 Å². The third-order valence-electron chi connectivity index (χ3n) is 1.34. The third-order valence-corrected chi connectivity index (χ3v) is 1.85. The molecule has 3 heteroatoms. The van der Waals surface area contributed by atoms with Crippen LogP contribution in [0.1, 0.15) is 13.8 Å². The van der Waals surface area contributed by atoms with Crippen molar-refractivity contribution in [3.8, 4) is 0 Å². The van der Waals surface area contributed by atoms with Crippen LogP contribution in [0, 0.1) is 0 Å². The summed E-state index contributed by atoms with van der Waals surface area (Å²) in [4.78, 5) is 10.7. The van der Waals surface area contributed by atoms with E-state index in [1.165, 1.54) is 0 Å².